The number of nitrogens with zero attached hydrogens (tertiary/aromatic N) is 1. The Hall–Kier alpha value is -2.08. The van der Waals surface area contributed by atoms with Gasteiger partial charge in [-0.05, 0) is 48.7 Å². The molecule has 0 aromatic heterocycles. The van der Waals surface area contributed by atoms with Crippen LogP contribution in [0.5, 0.6) is 5.75 Å². The minimum atomic E-state index is -0.642. The highest BCUT2D eigenvalue weighted by Gasteiger charge is 2.23. The van der Waals surface area contributed by atoms with E-state index in [-0.39, 0.29) is 16.6 Å². The molecule has 1 aliphatic heterocycles. The number of hydrogen-bond acceptors (Lipinski definition) is 3. The molecule has 3 rings (SSSR count). The van der Waals surface area contributed by atoms with Crippen molar-refractivity contribution in [2.75, 3.05) is 24.3 Å². The van der Waals surface area contributed by atoms with Gasteiger partial charge in [0.1, 0.15) is 17.4 Å². The molecule has 2 aromatic carbocycles. The van der Waals surface area contributed by atoms with Crippen molar-refractivity contribution in [1.82, 2.24) is 0 Å². The number of carbonyl (C=O) groups is 1. The fourth-order valence-electron chi connectivity index (χ4n) is 2.77. The van der Waals surface area contributed by atoms with Crippen molar-refractivity contribution in [3.63, 3.8) is 0 Å². The van der Waals surface area contributed by atoms with E-state index in [0.29, 0.717) is 6.54 Å². The molecule has 0 fully saturated rings. The van der Waals surface area contributed by atoms with E-state index in [0.717, 1.165) is 47.7 Å². The Labute approximate surface area is 143 Å². The Morgan fingerprint density at radius 2 is 2.08 bits per heavy atom. The predicted molar refractivity (Wildman–Crippen MR) is 90.8 cm³/mol. The zero-order valence-corrected chi connectivity index (χ0v) is 14.0. The molecule has 126 valence electrons. The van der Waals surface area contributed by atoms with E-state index < -0.39 is 11.6 Å². The molecule has 0 saturated heterocycles. The number of thioether (sulfide) groups is 1. The molecule has 0 spiro atoms. The van der Waals surface area contributed by atoms with E-state index in [4.69, 9.17) is 4.74 Å². The van der Waals surface area contributed by atoms with Gasteiger partial charge in [-0.2, -0.15) is 0 Å². The molecule has 2 aromatic rings. The summed E-state index contributed by atoms with van der Waals surface area (Å²) in [5.74, 6) is -0.479. The molecule has 0 unspecified atom stereocenters. The standard InChI is InChI=1S/C18H17F2NO2S/c1-23-14-5-6-16-12(9-14)3-2-8-21(16)18(22)11-24-17-7-4-13(19)10-15(17)20/h4-7,9-10H,2-3,8,11H2,1H3. The first-order valence-electron chi connectivity index (χ1n) is 7.63. The Kier molecular flexibility index (Phi) is 5.04. The molecule has 1 heterocycles. The maximum absolute atomic E-state index is 13.7. The van der Waals surface area contributed by atoms with E-state index in [1.165, 1.54) is 12.1 Å². The van der Waals surface area contributed by atoms with Gasteiger partial charge in [0, 0.05) is 23.2 Å². The van der Waals surface area contributed by atoms with E-state index in [9.17, 15) is 13.6 Å². The average Bonchev–Trinajstić information content (AvgIpc) is 2.59. The number of benzene rings is 2. The van der Waals surface area contributed by atoms with Gasteiger partial charge in [0.25, 0.3) is 0 Å². The predicted octanol–water partition coefficient (Wildman–Crippen LogP) is 4.04. The third kappa shape index (κ3) is 3.53. The quantitative estimate of drug-likeness (QED) is 0.780. The lowest BCUT2D eigenvalue weighted by Gasteiger charge is -2.29. The maximum Gasteiger partial charge on any atom is 0.237 e. The fraction of sp³-hybridized carbons (Fsp3) is 0.278. The lowest BCUT2D eigenvalue weighted by atomic mass is 10.0. The fourth-order valence-corrected chi connectivity index (χ4v) is 3.57. The summed E-state index contributed by atoms with van der Waals surface area (Å²) in [4.78, 5) is 14.5. The molecule has 1 aliphatic rings. The van der Waals surface area contributed by atoms with Crippen LogP contribution in [-0.2, 0) is 11.2 Å². The number of ether oxygens (including phenoxy) is 1. The van der Waals surface area contributed by atoms with Gasteiger partial charge in [0.15, 0.2) is 0 Å². The van der Waals surface area contributed by atoms with Gasteiger partial charge in [-0.3, -0.25) is 4.79 Å². The third-order valence-electron chi connectivity index (χ3n) is 3.95. The molecule has 0 aliphatic carbocycles. The molecule has 0 N–H and O–H groups in total. The summed E-state index contributed by atoms with van der Waals surface area (Å²) >= 11 is 1.08. The first-order valence-corrected chi connectivity index (χ1v) is 8.62. The van der Waals surface area contributed by atoms with Crippen LogP contribution in [0.2, 0.25) is 0 Å². The number of methoxy groups -OCH3 is 1. The average molecular weight is 349 g/mol. The minimum absolute atomic E-state index is 0.0881. The van der Waals surface area contributed by atoms with Crippen LogP contribution < -0.4 is 9.64 Å². The second-order valence-electron chi connectivity index (χ2n) is 5.51. The molecule has 0 radical (unpaired) electrons. The number of aryl methyl sites for hydroxylation is 1. The van der Waals surface area contributed by atoms with Gasteiger partial charge >= 0.3 is 0 Å². The number of hydrogen-bond donors (Lipinski definition) is 0. The Morgan fingerprint density at radius 3 is 2.83 bits per heavy atom. The van der Waals surface area contributed by atoms with Gasteiger partial charge in [-0.15, -0.1) is 11.8 Å². The molecule has 6 heteroatoms. The van der Waals surface area contributed by atoms with Crippen molar-refractivity contribution < 1.29 is 18.3 Å². The van der Waals surface area contributed by atoms with Crippen molar-refractivity contribution in [2.24, 2.45) is 0 Å². The minimum Gasteiger partial charge on any atom is -0.497 e. The summed E-state index contributed by atoms with van der Waals surface area (Å²) in [6, 6.07) is 9.04. The van der Waals surface area contributed by atoms with Crippen LogP contribution in [-0.4, -0.2) is 25.3 Å². The van der Waals surface area contributed by atoms with Crippen LogP contribution in [0, 0.1) is 11.6 Å². The highest BCUT2D eigenvalue weighted by atomic mass is 32.2. The van der Waals surface area contributed by atoms with Crippen LogP contribution >= 0.6 is 11.8 Å². The van der Waals surface area contributed by atoms with Gasteiger partial charge in [0.2, 0.25) is 5.91 Å². The number of amides is 1. The number of halogens is 2. The molecular weight excluding hydrogens is 332 g/mol. The second-order valence-corrected chi connectivity index (χ2v) is 6.52. The molecule has 1 amide bonds. The van der Waals surface area contributed by atoms with Gasteiger partial charge < -0.3 is 9.64 Å². The number of anilines is 1. The summed E-state index contributed by atoms with van der Waals surface area (Å²) < 4.78 is 31.8. The highest BCUT2D eigenvalue weighted by molar-refractivity contribution is 8.00. The number of rotatable bonds is 4. The van der Waals surface area contributed by atoms with Crippen LogP contribution in [0.4, 0.5) is 14.5 Å². The third-order valence-corrected chi connectivity index (χ3v) is 4.98. The van der Waals surface area contributed by atoms with Crippen LogP contribution in [0.3, 0.4) is 0 Å². The van der Waals surface area contributed by atoms with Crippen molar-refractivity contribution in [1.29, 1.82) is 0 Å². The SMILES string of the molecule is COc1ccc2c(c1)CCCN2C(=O)CSc1ccc(F)cc1F. The lowest BCUT2D eigenvalue weighted by molar-refractivity contribution is -0.116. The first-order chi connectivity index (χ1) is 11.6. The normalized spacial score (nSPS) is 13.5. The van der Waals surface area contributed by atoms with E-state index in [1.54, 1.807) is 12.0 Å². The number of carbonyl (C=O) groups excluding carboxylic acids is 1. The Balaban J connectivity index is 1.72. The van der Waals surface area contributed by atoms with E-state index >= 15 is 0 Å². The number of fused-ring (bicyclic) bond motifs is 1. The van der Waals surface area contributed by atoms with Crippen LogP contribution in [0.15, 0.2) is 41.3 Å². The largest absolute Gasteiger partial charge is 0.497 e. The van der Waals surface area contributed by atoms with E-state index in [2.05, 4.69) is 0 Å². The summed E-state index contributed by atoms with van der Waals surface area (Å²) in [6.07, 6.45) is 1.78. The topological polar surface area (TPSA) is 29.5 Å². The Bertz CT molecular complexity index is 767. The summed E-state index contributed by atoms with van der Waals surface area (Å²) in [7, 11) is 1.61. The first kappa shape index (κ1) is 16.8. The van der Waals surface area contributed by atoms with Crippen molar-refractivity contribution in [3.8, 4) is 5.75 Å². The maximum atomic E-state index is 13.7. The van der Waals surface area contributed by atoms with Crippen molar-refractivity contribution in [2.45, 2.75) is 17.7 Å². The lowest BCUT2D eigenvalue weighted by Crippen LogP contribution is -2.36. The summed E-state index contributed by atoms with van der Waals surface area (Å²) in [5.41, 5.74) is 1.96. The highest BCUT2D eigenvalue weighted by Crippen LogP contribution is 2.31. The molecule has 24 heavy (non-hydrogen) atoms. The van der Waals surface area contributed by atoms with Crippen molar-refractivity contribution >= 4 is 23.4 Å². The zero-order valence-electron chi connectivity index (χ0n) is 13.2. The van der Waals surface area contributed by atoms with Gasteiger partial charge in [-0.1, -0.05) is 0 Å². The second kappa shape index (κ2) is 7.21. The molecule has 0 bridgehead atoms. The van der Waals surface area contributed by atoms with E-state index in [1.807, 2.05) is 18.2 Å². The Morgan fingerprint density at radius 1 is 1.25 bits per heavy atom. The van der Waals surface area contributed by atoms with Crippen LogP contribution in [0.25, 0.3) is 0 Å². The zero-order chi connectivity index (χ0) is 17.1. The smallest absolute Gasteiger partial charge is 0.237 e. The summed E-state index contributed by atoms with van der Waals surface area (Å²) in [5, 5.41) is 0. The van der Waals surface area contributed by atoms with Crippen molar-refractivity contribution in [3.05, 3.63) is 53.6 Å². The molecule has 3 nitrogen and oxygen atoms in total. The van der Waals surface area contributed by atoms with Crippen LogP contribution in [0.1, 0.15) is 12.0 Å². The van der Waals surface area contributed by atoms with Gasteiger partial charge in [0.05, 0.1) is 12.9 Å². The molecular formula is C18H17F2NO2S. The monoisotopic (exact) mass is 349 g/mol. The molecule has 0 atom stereocenters. The molecule has 0 saturated carbocycles. The van der Waals surface area contributed by atoms with Gasteiger partial charge in [-0.25, -0.2) is 8.78 Å². The summed E-state index contributed by atoms with van der Waals surface area (Å²) in [6.45, 7) is 0.643.